The van der Waals surface area contributed by atoms with Crippen molar-refractivity contribution in [2.75, 3.05) is 24.2 Å². The molecule has 1 amide bonds. The van der Waals surface area contributed by atoms with Gasteiger partial charge < -0.3 is 10.6 Å². The van der Waals surface area contributed by atoms with Gasteiger partial charge in [-0.1, -0.05) is 36.2 Å². The maximum atomic E-state index is 11.7. The maximum absolute atomic E-state index is 11.7. The molecule has 3 rings (SSSR count). The number of thioether (sulfide) groups is 1. The van der Waals surface area contributed by atoms with Gasteiger partial charge in [0.05, 0.1) is 5.52 Å². The summed E-state index contributed by atoms with van der Waals surface area (Å²) in [6.45, 7) is 3.17. The summed E-state index contributed by atoms with van der Waals surface area (Å²) < 4.78 is 0. The highest BCUT2D eigenvalue weighted by atomic mass is 35.5. The van der Waals surface area contributed by atoms with Gasteiger partial charge in [-0.15, -0.1) is 0 Å². The van der Waals surface area contributed by atoms with E-state index in [4.69, 9.17) is 16.6 Å². The molecule has 0 saturated carbocycles. The molecule has 1 aliphatic rings. The van der Waals surface area contributed by atoms with Gasteiger partial charge in [0.25, 0.3) is 0 Å². The number of carbonyl (C=O) groups is 2. The van der Waals surface area contributed by atoms with Crippen LogP contribution in [-0.2, 0) is 22.4 Å². The SMILES string of the molecule is CC(=O)SCCC(=O)NCCCCCCNc1c2c(nc3cc(Cl)ccc13)CCCC2. The number of halogens is 1. The lowest BCUT2D eigenvalue weighted by Gasteiger charge is -2.22. The number of anilines is 1. The Morgan fingerprint density at radius 2 is 1.87 bits per heavy atom. The Kier molecular flexibility index (Phi) is 9.47. The number of amides is 1. The fourth-order valence-corrected chi connectivity index (χ4v) is 4.76. The Labute approximate surface area is 194 Å². The quantitative estimate of drug-likeness (QED) is 0.431. The summed E-state index contributed by atoms with van der Waals surface area (Å²) in [4.78, 5) is 27.5. The fraction of sp³-hybridized carbons (Fsp3) is 0.542. The van der Waals surface area contributed by atoms with Crippen LogP contribution in [-0.4, -0.2) is 34.8 Å². The van der Waals surface area contributed by atoms with Gasteiger partial charge in [0, 0.05) is 54.0 Å². The third kappa shape index (κ3) is 7.39. The van der Waals surface area contributed by atoms with Crippen molar-refractivity contribution in [2.45, 2.75) is 64.7 Å². The van der Waals surface area contributed by atoms with E-state index in [1.165, 1.54) is 48.5 Å². The van der Waals surface area contributed by atoms with Gasteiger partial charge in [0.1, 0.15) is 0 Å². The zero-order valence-corrected chi connectivity index (χ0v) is 19.8. The van der Waals surface area contributed by atoms with Crippen LogP contribution in [0.15, 0.2) is 18.2 Å². The molecule has 2 aromatic rings. The Morgan fingerprint density at radius 3 is 2.68 bits per heavy atom. The molecular weight excluding hydrogens is 430 g/mol. The Hall–Kier alpha value is -1.79. The first-order chi connectivity index (χ1) is 15.0. The van der Waals surface area contributed by atoms with Crippen molar-refractivity contribution in [1.29, 1.82) is 0 Å². The largest absolute Gasteiger partial charge is 0.384 e. The van der Waals surface area contributed by atoms with Crippen LogP contribution in [0.5, 0.6) is 0 Å². The first-order valence-electron chi connectivity index (χ1n) is 11.3. The predicted molar refractivity (Wildman–Crippen MR) is 131 cm³/mol. The van der Waals surface area contributed by atoms with Gasteiger partial charge in [-0.05, 0) is 62.3 Å². The number of aryl methyl sites for hydroxylation is 1. The van der Waals surface area contributed by atoms with Crippen molar-refractivity contribution in [3.8, 4) is 0 Å². The van der Waals surface area contributed by atoms with Gasteiger partial charge in [-0.2, -0.15) is 0 Å². The van der Waals surface area contributed by atoms with Crippen molar-refractivity contribution in [2.24, 2.45) is 0 Å². The smallest absolute Gasteiger partial charge is 0.220 e. The van der Waals surface area contributed by atoms with E-state index in [9.17, 15) is 9.59 Å². The second kappa shape index (κ2) is 12.3. The lowest BCUT2D eigenvalue weighted by molar-refractivity contribution is -0.120. The van der Waals surface area contributed by atoms with Crippen molar-refractivity contribution >= 4 is 51.0 Å². The van der Waals surface area contributed by atoms with Crippen molar-refractivity contribution in [3.05, 3.63) is 34.5 Å². The Balaban J connectivity index is 1.40. The highest BCUT2D eigenvalue weighted by Gasteiger charge is 2.18. The number of pyridine rings is 1. The zero-order valence-electron chi connectivity index (χ0n) is 18.3. The van der Waals surface area contributed by atoms with Crippen molar-refractivity contribution < 1.29 is 9.59 Å². The van der Waals surface area contributed by atoms with Gasteiger partial charge in [-0.3, -0.25) is 14.6 Å². The molecule has 1 aromatic heterocycles. The summed E-state index contributed by atoms with van der Waals surface area (Å²) in [5.41, 5.74) is 4.83. The van der Waals surface area contributed by atoms with Gasteiger partial charge in [0.2, 0.25) is 5.91 Å². The molecule has 0 fully saturated rings. The van der Waals surface area contributed by atoms with E-state index in [1.807, 2.05) is 12.1 Å². The molecule has 5 nitrogen and oxygen atoms in total. The monoisotopic (exact) mass is 461 g/mol. The van der Waals surface area contributed by atoms with Crippen LogP contribution in [0, 0.1) is 0 Å². The molecule has 1 aromatic carbocycles. The molecule has 1 heterocycles. The summed E-state index contributed by atoms with van der Waals surface area (Å²) in [6, 6.07) is 5.99. The number of aromatic nitrogens is 1. The second-order valence-electron chi connectivity index (χ2n) is 8.06. The number of hydrogen-bond acceptors (Lipinski definition) is 5. The molecule has 0 bridgehead atoms. The predicted octanol–water partition coefficient (Wildman–Crippen LogP) is 5.53. The van der Waals surface area contributed by atoms with E-state index in [1.54, 1.807) is 0 Å². The average molecular weight is 462 g/mol. The second-order valence-corrected chi connectivity index (χ2v) is 9.77. The molecule has 0 saturated heterocycles. The van der Waals surface area contributed by atoms with Gasteiger partial charge in [-0.25, -0.2) is 0 Å². The van der Waals surface area contributed by atoms with E-state index >= 15 is 0 Å². The normalized spacial score (nSPS) is 13.1. The van der Waals surface area contributed by atoms with Gasteiger partial charge >= 0.3 is 0 Å². The Bertz CT molecular complexity index is 919. The minimum absolute atomic E-state index is 0.0323. The van der Waals surface area contributed by atoms with E-state index in [2.05, 4.69) is 16.7 Å². The lowest BCUT2D eigenvalue weighted by Crippen LogP contribution is -2.24. The van der Waals surface area contributed by atoms with Crippen LogP contribution in [0.4, 0.5) is 5.69 Å². The molecule has 1 aliphatic carbocycles. The molecular formula is C24H32ClN3O2S. The third-order valence-electron chi connectivity index (χ3n) is 5.59. The molecule has 168 valence electrons. The molecule has 0 atom stereocenters. The van der Waals surface area contributed by atoms with Crippen molar-refractivity contribution in [3.63, 3.8) is 0 Å². The van der Waals surface area contributed by atoms with Crippen LogP contribution in [0.25, 0.3) is 10.9 Å². The topological polar surface area (TPSA) is 71.1 Å². The molecule has 0 unspecified atom stereocenters. The average Bonchev–Trinajstić information content (AvgIpc) is 2.74. The van der Waals surface area contributed by atoms with E-state index in [-0.39, 0.29) is 11.0 Å². The third-order valence-corrected chi connectivity index (χ3v) is 6.64. The number of benzene rings is 1. The molecule has 0 spiro atoms. The number of unbranched alkanes of at least 4 members (excludes halogenated alkanes) is 3. The highest BCUT2D eigenvalue weighted by molar-refractivity contribution is 8.13. The molecule has 7 heteroatoms. The first-order valence-corrected chi connectivity index (χ1v) is 12.7. The number of nitrogens with one attached hydrogen (secondary N) is 2. The fourth-order valence-electron chi connectivity index (χ4n) is 4.02. The van der Waals surface area contributed by atoms with E-state index < -0.39 is 0 Å². The molecule has 0 radical (unpaired) electrons. The molecule has 31 heavy (non-hydrogen) atoms. The number of fused-ring (bicyclic) bond motifs is 2. The zero-order chi connectivity index (χ0) is 22.1. The van der Waals surface area contributed by atoms with Crippen LogP contribution in [0.1, 0.15) is 63.1 Å². The van der Waals surface area contributed by atoms with E-state index in [0.717, 1.165) is 61.0 Å². The van der Waals surface area contributed by atoms with Gasteiger partial charge in [0.15, 0.2) is 5.12 Å². The summed E-state index contributed by atoms with van der Waals surface area (Å²) in [6.07, 6.45) is 9.27. The number of nitrogens with zero attached hydrogens (tertiary/aromatic N) is 1. The van der Waals surface area contributed by atoms with Crippen LogP contribution >= 0.6 is 23.4 Å². The standard InChI is InChI=1S/C24H32ClN3O2S/c1-17(29)31-15-12-23(30)26-13-6-2-3-7-14-27-24-19-8-4-5-9-21(19)28-22-16-18(25)10-11-20(22)24/h10-11,16H,2-9,12-15H2,1H3,(H,26,30)(H,27,28). The summed E-state index contributed by atoms with van der Waals surface area (Å²) in [5.74, 6) is 0.594. The van der Waals surface area contributed by atoms with E-state index in [0.29, 0.717) is 18.7 Å². The Morgan fingerprint density at radius 1 is 1.10 bits per heavy atom. The van der Waals surface area contributed by atoms with Crippen molar-refractivity contribution in [1.82, 2.24) is 10.3 Å². The summed E-state index contributed by atoms with van der Waals surface area (Å²) in [7, 11) is 0. The lowest BCUT2D eigenvalue weighted by atomic mass is 9.92. The minimum Gasteiger partial charge on any atom is -0.384 e. The van der Waals surface area contributed by atoms with Crippen LogP contribution < -0.4 is 10.6 Å². The number of hydrogen-bond donors (Lipinski definition) is 2. The summed E-state index contributed by atoms with van der Waals surface area (Å²) in [5, 5.41) is 8.58. The molecule has 0 aliphatic heterocycles. The highest BCUT2D eigenvalue weighted by Crippen LogP contribution is 2.34. The van der Waals surface area contributed by atoms with Crippen LogP contribution in [0.2, 0.25) is 5.02 Å². The maximum Gasteiger partial charge on any atom is 0.220 e. The minimum atomic E-state index is 0.0323. The molecule has 2 N–H and O–H groups in total. The summed E-state index contributed by atoms with van der Waals surface area (Å²) >= 11 is 7.40. The number of carbonyl (C=O) groups excluding carboxylic acids is 2. The van der Waals surface area contributed by atoms with Crippen LogP contribution in [0.3, 0.4) is 0 Å². The number of rotatable bonds is 11. The first kappa shape index (κ1) is 23.9.